The molecule has 0 unspecified atom stereocenters. The first-order chi connectivity index (χ1) is 15.5. The first kappa shape index (κ1) is 22.0. The van der Waals surface area contributed by atoms with Crippen LogP contribution in [0.3, 0.4) is 0 Å². The normalized spacial score (nSPS) is 18.1. The van der Waals surface area contributed by atoms with Crippen LogP contribution in [0.2, 0.25) is 0 Å². The van der Waals surface area contributed by atoms with Crippen LogP contribution >= 0.6 is 12.2 Å². The fraction of sp³-hybridized carbons (Fsp3) is 0.292. The number of aromatic nitrogens is 2. The molecule has 1 aliphatic heterocycles. The molecule has 166 valence electrons. The molecule has 2 aromatic heterocycles. The van der Waals surface area contributed by atoms with Crippen LogP contribution in [0.1, 0.15) is 49.8 Å². The number of nitrogens with one attached hydrogen (secondary N) is 2. The summed E-state index contributed by atoms with van der Waals surface area (Å²) >= 11 is 5.67. The number of thiocarbonyl (C=S) groups is 1. The number of hydrogen-bond acceptors (Lipinski definition) is 3. The van der Waals surface area contributed by atoms with Crippen molar-refractivity contribution in [3.63, 3.8) is 0 Å². The van der Waals surface area contributed by atoms with Gasteiger partial charge < -0.3 is 20.1 Å². The number of nitrogens with zero attached hydrogens (tertiary/aromatic N) is 3. The second-order valence-corrected chi connectivity index (χ2v) is 8.42. The zero-order valence-electron chi connectivity index (χ0n) is 18.0. The molecule has 1 amide bonds. The molecule has 2 N–H and O–H groups in total. The highest BCUT2D eigenvalue weighted by molar-refractivity contribution is 7.80. The molecule has 8 heteroatoms. The van der Waals surface area contributed by atoms with Crippen LogP contribution in [0.15, 0.2) is 67.0 Å². The van der Waals surface area contributed by atoms with Crippen LogP contribution in [0, 0.1) is 5.82 Å². The van der Waals surface area contributed by atoms with Gasteiger partial charge >= 0.3 is 0 Å². The third-order valence-electron chi connectivity index (χ3n) is 5.60. The van der Waals surface area contributed by atoms with Crippen molar-refractivity contribution in [1.29, 1.82) is 0 Å². The zero-order chi connectivity index (χ0) is 22.7. The van der Waals surface area contributed by atoms with Crippen molar-refractivity contribution in [3.8, 4) is 0 Å². The lowest BCUT2D eigenvalue weighted by Gasteiger charge is -2.29. The summed E-state index contributed by atoms with van der Waals surface area (Å²) in [6.45, 7) is 4.65. The Morgan fingerprint density at radius 1 is 1.19 bits per heavy atom. The number of carbonyl (C=O) groups excluding carboxylic acids is 1. The Morgan fingerprint density at radius 2 is 1.97 bits per heavy atom. The van der Waals surface area contributed by atoms with Gasteiger partial charge in [-0.2, -0.15) is 0 Å². The number of pyridine rings is 1. The molecule has 0 radical (unpaired) electrons. The van der Waals surface area contributed by atoms with Gasteiger partial charge in [0.05, 0.1) is 23.5 Å². The molecule has 32 heavy (non-hydrogen) atoms. The quantitative estimate of drug-likeness (QED) is 0.514. The number of hydrogen-bond donors (Lipinski definition) is 2. The van der Waals surface area contributed by atoms with Crippen molar-refractivity contribution in [2.24, 2.45) is 0 Å². The van der Waals surface area contributed by atoms with Gasteiger partial charge in [-0.15, -0.1) is 0 Å². The van der Waals surface area contributed by atoms with Crippen molar-refractivity contribution < 1.29 is 9.18 Å². The van der Waals surface area contributed by atoms with Crippen LogP contribution in [-0.2, 0) is 4.79 Å². The van der Waals surface area contributed by atoms with E-state index in [9.17, 15) is 9.18 Å². The van der Waals surface area contributed by atoms with Crippen LogP contribution in [0.25, 0.3) is 0 Å². The van der Waals surface area contributed by atoms with Gasteiger partial charge in [-0.25, -0.2) is 4.39 Å². The lowest BCUT2D eigenvalue weighted by Crippen LogP contribution is -2.33. The largest absolute Gasteiger partial charge is 0.352 e. The first-order valence-corrected chi connectivity index (χ1v) is 11.1. The van der Waals surface area contributed by atoms with Crippen LogP contribution in [0.5, 0.6) is 0 Å². The van der Waals surface area contributed by atoms with Gasteiger partial charge in [0.2, 0.25) is 5.91 Å². The van der Waals surface area contributed by atoms with Gasteiger partial charge in [-0.05, 0) is 62.5 Å². The third-order valence-corrected chi connectivity index (χ3v) is 5.95. The monoisotopic (exact) mass is 451 g/mol. The van der Waals surface area contributed by atoms with Gasteiger partial charge in [0, 0.05) is 37.1 Å². The second-order valence-electron chi connectivity index (χ2n) is 8.03. The Kier molecular flexibility index (Phi) is 6.50. The smallest absolute Gasteiger partial charge is 0.226 e. The predicted octanol–water partition coefficient (Wildman–Crippen LogP) is 4.60. The SMILES string of the molecule is CC(C)n1cccc1[C@H]1[C@H](c2ccccn2)NC(=S)N1CCC(=O)Nc1ccccc1F. The molecule has 0 aliphatic carbocycles. The summed E-state index contributed by atoms with van der Waals surface area (Å²) in [6, 6.07) is 16.1. The number of halogens is 1. The van der Waals surface area contributed by atoms with Crippen LogP contribution in [0.4, 0.5) is 10.1 Å². The summed E-state index contributed by atoms with van der Waals surface area (Å²) in [5.74, 6) is -0.723. The standard InChI is InChI=1S/C24H26FN5OS/c1-16(2)29-14-7-11-20(29)23-22(19-10-5-6-13-26-19)28-24(32)30(23)15-12-21(31)27-18-9-4-3-8-17(18)25/h3-11,13-14,16,22-23H,12,15H2,1-2H3,(H,27,31)(H,28,32)/t22-,23-/m0/s1. The Morgan fingerprint density at radius 3 is 2.69 bits per heavy atom. The Hall–Kier alpha value is -3.26. The maximum atomic E-state index is 13.9. The molecule has 0 saturated carbocycles. The van der Waals surface area contributed by atoms with E-state index in [1.54, 1.807) is 24.4 Å². The molecule has 1 aromatic carbocycles. The number of para-hydroxylation sites is 1. The highest BCUT2D eigenvalue weighted by Crippen LogP contribution is 2.39. The number of carbonyl (C=O) groups is 1. The molecular weight excluding hydrogens is 425 g/mol. The molecule has 6 nitrogen and oxygen atoms in total. The molecule has 1 saturated heterocycles. The van der Waals surface area contributed by atoms with E-state index in [2.05, 4.69) is 46.3 Å². The van der Waals surface area contributed by atoms with Crippen LogP contribution < -0.4 is 10.6 Å². The minimum Gasteiger partial charge on any atom is -0.352 e. The summed E-state index contributed by atoms with van der Waals surface area (Å²) in [5.41, 5.74) is 2.16. The summed E-state index contributed by atoms with van der Waals surface area (Å²) in [5, 5.41) is 6.62. The molecule has 3 aromatic rings. The zero-order valence-corrected chi connectivity index (χ0v) is 18.8. The molecule has 0 bridgehead atoms. The maximum absolute atomic E-state index is 13.9. The summed E-state index contributed by atoms with van der Waals surface area (Å²) in [6.07, 6.45) is 3.99. The van der Waals surface area contributed by atoms with Crippen molar-refractivity contribution in [3.05, 3.63) is 84.2 Å². The summed E-state index contributed by atoms with van der Waals surface area (Å²) < 4.78 is 16.1. The van der Waals surface area contributed by atoms with E-state index in [4.69, 9.17) is 12.2 Å². The van der Waals surface area contributed by atoms with Gasteiger partial charge in [0.1, 0.15) is 5.82 Å². The number of rotatable bonds is 7. The Balaban J connectivity index is 1.58. The lowest BCUT2D eigenvalue weighted by atomic mass is 10.0. The molecule has 4 rings (SSSR count). The van der Waals surface area contributed by atoms with Gasteiger partial charge in [-0.1, -0.05) is 18.2 Å². The molecule has 2 atom stereocenters. The van der Waals surface area contributed by atoms with Crippen LogP contribution in [-0.4, -0.2) is 32.0 Å². The average Bonchev–Trinajstić information content (AvgIpc) is 3.39. The Bertz CT molecular complexity index is 1100. The van der Waals surface area contributed by atoms with Gasteiger partial charge in [0.25, 0.3) is 0 Å². The molecule has 1 fully saturated rings. The summed E-state index contributed by atoms with van der Waals surface area (Å²) in [7, 11) is 0. The van der Waals surface area contributed by atoms with E-state index in [0.29, 0.717) is 11.7 Å². The van der Waals surface area contributed by atoms with E-state index in [-0.39, 0.29) is 36.1 Å². The van der Waals surface area contributed by atoms with Gasteiger partial charge in [0.15, 0.2) is 5.11 Å². The molecule has 3 heterocycles. The molecule has 0 spiro atoms. The van der Waals surface area contributed by atoms with Crippen molar-refractivity contribution in [1.82, 2.24) is 19.8 Å². The summed E-state index contributed by atoms with van der Waals surface area (Å²) in [4.78, 5) is 19.1. The fourth-order valence-electron chi connectivity index (χ4n) is 4.09. The highest BCUT2D eigenvalue weighted by Gasteiger charge is 2.41. The minimum absolute atomic E-state index is 0.129. The van der Waals surface area contributed by atoms with Crippen molar-refractivity contribution in [2.45, 2.75) is 38.4 Å². The highest BCUT2D eigenvalue weighted by atomic mass is 32.1. The lowest BCUT2D eigenvalue weighted by molar-refractivity contribution is -0.116. The number of benzene rings is 1. The van der Waals surface area contributed by atoms with E-state index < -0.39 is 5.82 Å². The number of amides is 1. The molecular formula is C24H26FN5OS. The van der Waals surface area contributed by atoms with Gasteiger partial charge in [-0.3, -0.25) is 9.78 Å². The molecule has 1 aliphatic rings. The average molecular weight is 452 g/mol. The van der Waals surface area contributed by atoms with E-state index >= 15 is 0 Å². The number of anilines is 1. The Labute approximate surface area is 192 Å². The van der Waals surface area contributed by atoms with Crippen molar-refractivity contribution in [2.75, 3.05) is 11.9 Å². The van der Waals surface area contributed by atoms with Crippen molar-refractivity contribution >= 4 is 28.9 Å². The van der Waals surface area contributed by atoms with E-state index in [0.717, 1.165) is 11.4 Å². The topological polar surface area (TPSA) is 62.2 Å². The first-order valence-electron chi connectivity index (χ1n) is 10.6. The second kappa shape index (κ2) is 9.48. The van der Waals surface area contributed by atoms with E-state index in [1.165, 1.54) is 6.07 Å². The third kappa shape index (κ3) is 4.50. The fourth-order valence-corrected chi connectivity index (χ4v) is 4.42. The maximum Gasteiger partial charge on any atom is 0.226 e. The van der Waals surface area contributed by atoms with E-state index in [1.807, 2.05) is 29.2 Å². The minimum atomic E-state index is -0.456. The predicted molar refractivity (Wildman–Crippen MR) is 127 cm³/mol.